The van der Waals surface area contributed by atoms with Gasteiger partial charge in [0.2, 0.25) is 12.2 Å². The van der Waals surface area contributed by atoms with Crippen molar-refractivity contribution >= 4 is 24.1 Å². The van der Waals surface area contributed by atoms with Crippen molar-refractivity contribution in [3.63, 3.8) is 0 Å². The minimum absolute atomic E-state index is 0.168. The molecule has 0 saturated heterocycles. The van der Waals surface area contributed by atoms with Gasteiger partial charge in [0.05, 0.1) is 13.1 Å². The molecule has 0 fully saturated rings. The molecule has 2 N–H and O–H groups in total. The molecule has 0 aromatic heterocycles. The molecular weight excluding hydrogens is 244 g/mol. The average molecular weight is 254 g/mol. The molecule has 0 rings (SSSR count). The molecule has 0 aliphatic carbocycles. The summed E-state index contributed by atoms with van der Waals surface area (Å²) in [7, 11) is 0. The van der Waals surface area contributed by atoms with Gasteiger partial charge < -0.3 is 10.2 Å². The van der Waals surface area contributed by atoms with Crippen molar-refractivity contribution in [3.8, 4) is 0 Å². The van der Waals surface area contributed by atoms with Gasteiger partial charge >= 0.3 is 11.9 Å². The van der Waals surface area contributed by atoms with Gasteiger partial charge in [-0.15, -0.1) is 0 Å². The molecule has 0 saturated carbocycles. The van der Waals surface area contributed by atoms with Crippen molar-refractivity contribution in [3.05, 3.63) is 11.1 Å². The van der Waals surface area contributed by atoms with Crippen LogP contribution in [-0.2, 0) is 19.2 Å². The fraction of sp³-hybridized carbons (Fsp3) is 0.400. The van der Waals surface area contributed by atoms with Crippen LogP contribution in [0.25, 0.3) is 0 Å². The number of carboxylic acids is 2. The summed E-state index contributed by atoms with van der Waals surface area (Å²) in [6.45, 7) is -0.336. The fourth-order valence-electron chi connectivity index (χ4n) is 1.20. The van der Waals surface area contributed by atoms with E-state index in [0.29, 0.717) is 0 Å². The highest BCUT2D eigenvalue weighted by Crippen LogP contribution is 2.14. The molecule has 0 radical (unpaired) electrons. The van der Waals surface area contributed by atoms with E-state index in [1.54, 1.807) is 0 Å². The van der Waals surface area contributed by atoms with Crippen LogP contribution in [0.1, 0.15) is 12.8 Å². The number of carbonyl (C=O) groups is 2. The van der Waals surface area contributed by atoms with Crippen LogP contribution >= 0.6 is 0 Å². The van der Waals surface area contributed by atoms with Gasteiger partial charge in [0.25, 0.3) is 0 Å². The largest absolute Gasteiger partial charge is 0.478 e. The van der Waals surface area contributed by atoms with Gasteiger partial charge in [-0.25, -0.2) is 29.2 Å². The lowest BCUT2D eigenvalue weighted by molar-refractivity contribution is -0.136. The van der Waals surface area contributed by atoms with Crippen molar-refractivity contribution in [1.29, 1.82) is 0 Å². The molecule has 0 aliphatic rings. The Bertz CT molecular complexity index is 413. The Labute approximate surface area is 101 Å². The van der Waals surface area contributed by atoms with Crippen molar-refractivity contribution < 1.29 is 29.4 Å². The van der Waals surface area contributed by atoms with Gasteiger partial charge in [-0.05, 0) is 0 Å². The minimum Gasteiger partial charge on any atom is -0.478 e. The topological polar surface area (TPSA) is 133 Å². The summed E-state index contributed by atoms with van der Waals surface area (Å²) in [5.41, 5.74) is -0.745. The van der Waals surface area contributed by atoms with Crippen molar-refractivity contribution in [2.75, 3.05) is 13.1 Å². The summed E-state index contributed by atoms with van der Waals surface area (Å²) in [6, 6.07) is 0. The highest BCUT2D eigenvalue weighted by Gasteiger charge is 2.19. The van der Waals surface area contributed by atoms with Crippen LogP contribution in [0.15, 0.2) is 21.1 Å². The molecule has 0 spiro atoms. The van der Waals surface area contributed by atoms with Gasteiger partial charge in [0.15, 0.2) is 0 Å². The Balaban J connectivity index is 5.14. The highest BCUT2D eigenvalue weighted by atomic mass is 16.4. The monoisotopic (exact) mass is 254 g/mol. The van der Waals surface area contributed by atoms with E-state index in [1.807, 2.05) is 0 Å². The maximum Gasteiger partial charge on any atom is 0.332 e. The molecule has 96 valence electrons. The summed E-state index contributed by atoms with van der Waals surface area (Å²) in [5, 5.41) is 17.8. The van der Waals surface area contributed by atoms with Gasteiger partial charge in [-0.2, -0.15) is 0 Å². The molecular formula is C10H10N2O6. The van der Waals surface area contributed by atoms with E-state index in [4.69, 9.17) is 10.2 Å². The second-order valence-electron chi connectivity index (χ2n) is 3.01. The summed E-state index contributed by atoms with van der Waals surface area (Å²) in [4.78, 5) is 47.8. The lowest BCUT2D eigenvalue weighted by atomic mass is 10.0. The number of carboxylic acid groups (broad SMARTS) is 2. The molecule has 0 amide bonds. The minimum atomic E-state index is -1.41. The maximum absolute atomic E-state index is 10.9. The van der Waals surface area contributed by atoms with Crippen LogP contribution in [-0.4, -0.2) is 47.4 Å². The first kappa shape index (κ1) is 15.4. The van der Waals surface area contributed by atoms with Crippen LogP contribution in [0.3, 0.4) is 0 Å². The van der Waals surface area contributed by atoms with E-state index in [-0.39, 0.29) is 37.1 Å². The van der Waals surface area contributed by atoms with Gasteiger partial charge in [0, 0.05) is 24.0 Å². The highest BCUT2D eigenvalue weighted by molar-refractivity contribution is 5.98. The van der Waals surface area contributed by atoms with Crippen molar-refractivity contribution in [1.82, 2.24) is 0 Å². The van der Waals surface area contributed by atoms with Crippen LogP contribution in [0.2, 0.25) is 0 Å². The number of hydrogen-bond donors (Lipinski definition) is 2. The molecule has 0 atom stereocenters. The zero-order valence-corrected chi connectivity index (χ0v) is 9.25. The van der Waals surface area contributed by atoms with E-state index in [9.17, 15) is 19.2 Å². The molecule has 0 aromatic carbocycles. The number of isocyanates is 2. The number of aliphatic carboxylic acids is 2. The molecule has 8 heteroatoms. The third-order valence-electron chi connectivity index (χ3n) is 1.96. The number of carbonyl (C=O) groups excluding carboxylic acids is 2. The first-order chi connectivity index (χ1) is 8.54. The van der Waals surface area contributed by atoms with Crippen LogP contribution in [0, 0.1) is 0 Å². The fourth-order valence-corrected chi connectivity index (χ4v) is 1.20. The average Bonchev–Trinajstić information content (AvgIpc) is 2.31. The molecule has 0 heterocycles. The van der Waals surface area contributed by atoms with E-state index in [1.165, 1.54) is 12.2 Å². The summed E-state index contributed by atoms with van der Waals surface area (Å²) >= 11 is 0. The zero-order valence-electron chi connectivity index (χ0n) is 9.25. The van der Waals surface area contributed by atoms with E-state index in [2.05, 4.69) is 9.98 Å². The van der Waals surface area contributed by atoms with Gasteiger partial charge in [-0.1, -0.05) is 0 Å². The van der Waals surface area contributed by atoms with Crippen LogP contribution in [0.4, 0.5) is 0 Å². The zero-order chi connectivity index (χ0) is 14.0. The number of rotatable bonds is 8. The summed E-state index contributed by atoms with van der Waals surface area (Å²) in [5.74, 6) is -2.83. The van der Waals surface area contributed by atoms with Crippen molar-refractivity contribution in [2.45, 2.75) is 12.8 Å². The molecule has 0 unspecified atom stereocenters. The van der Waals surface area contributed by atoms with Gasteiger partial charge in [0.1, 0.15) is 0 Å². The predicted octanol–water partition coefficient (Wildman–Crippen LogP) is -0.0960. The smallest absolute Gasteiger partial charge is 0.332 e. The van der Waals surface area contributed by atoms with E-state index >= 15 is 0 Å². The first-order valence-corrected chi connectivity index (χ1v) is 4.80. The lowest BCUT2D eigenvalue weighted by Gasteiger charge is -2.06. The first-order valence-electron chi connectivity index (χ1n) is 4.80. The Morgan fingerprint density at radius 3 is 1.39 bits per heavy atom. The predicted molar refractivity (Wildman–Crippen MR) is 57.5 cm³/mol. The van der Waals surface area contributed by atoms with Crippen molar-refractivity contribution in [2.24, 2.45) is 9.98 Å². The Morgan fingerprint density at radius 1 is 0.833 bits per heavy atom. The SMILES string of the molecule is O=C=NCC/C(C(=O)O)=C(/CCN=C=O)C(=O)O. The van der Waals surface area contributed by atoms with E-state index < -0.39 is 11.9 Å². The summed E-state index contributed by atoms with van der Waals surface area (Å²) < 4.78 is 0. The quantitative estimate of drug-likeness (QED) is 0.353. The maximum atomic E-state index is 10.9. The molecule has 0 aliphatic heterocycles. The Hall–Kier alpha value is -2.56. The number of aliphatic imine (C=N–C) groups is 2. The molecule has 8 nitrogen and oxygen atoms in total. The normalized spacial score (nSPS) is 10.7. The van der Waals surface area contributed by atoms with Gasteiger partial charge in [-0.3, -0.25) is 0 Å². The van der Waals surface area contributed by atoms with Crippen LogP contribution < -0.4 is 0 Å². The second kappa shape index (κ2) is 8.58. The number of hydrogen-bond acceptors (Lipinski definition) is 6. The number of nitrogens with zero attached hydrogens (tertiary/aromatic N) is 2. The standard InChI is InChI=1S/C10H10N2O6/c13-5-11-3-1-7(9(15)16)8(10(17)18)2-4-12-6-14/h1-4H2,(H,15,16)(H,17,18)/b8-7+. The third-order valence-corrected chi connectivity index (χ3v) is 1.96. The third kappa shape index (κ3) is 5.50. The molecule has 18 heavy (non-hydrogen) atoms. The molecule has 0 aromatic rings. The van der Waals surface area contributed by atoms with Crippen LogP contribution in [0.5, 0.6) is 0 Å². The second-order valence-corrected chi connectivity index (χ2v) is 3.01. The Morgan fingerprint density at radius 2 is 1.17 bits per heavy atom. The summed E-state index contributed by atoms with van der Waals surface area (Å²) in [6.07, 6.45) is 2.03. The lowest BCUT2D eigenvalue weighted by Crippen LogP contribution is -2.13. The Kier molecular flexibility index (Phi) is 7.36. The molecule has 0 bridgehead atoms. The van der Waals surface area contributed by atoms with E-state index in [0.717, 1.165) is 0 Å².